The van der Waals surface area contributed by atoms with Crippen molar-refractivity contribution < 1.29 is 24.0 Å². The highest BCUT2D eigenvalue weighted by Crippen LogP contribution is 2.16. The van der Waals surface area contributed by atoms with Crippen LogP contribution in [-0.2, 0) is 11.3 Å². The number of hydrogen-bond donors (Lipinski definition) is 3. The summed E-state index contributed by atoms with van der Waals surface area (Å²) in [5.74, 6) is 0.502. The molecule has 0 aliphatic heterocycles. The summed E-state index contributed by atoms with van der Waals surface area (Å²) < 4.78 is 10.5. The SMILES string of the molecule is CC(C)(C)OC(=O)NCc1nnc(-c2ccc(B(O)O)cc2)o1. The van der Waals surface area contributed by atoms with Crippen molar-refractivity contribution in [3.63, 3.8) is 0 Å². The van der Waals surface area contributed by atoms with Gasteiger partial charge in [-0.05, 0) is 38.4 Å². The molecule has 2 rings (SSSR count). The van der Waals surface area contributed by atoms with Crippen LogP contribution in [0.15, 0.2) is 28.7 Å². The number of aromatic nitrogens is 2. The summed E-state index contributed by atoms with van der Waals surface area (Å²) in [7, 11) is -1.53. The van der Waals surface area contributed by atoms with Gasteiger partial charge in [-0.25, -0.2) is 4.79 Å². The van der Waals surface area contributed by atoms with Crippen LogP contribution in [0.2, 0.25) is 0 Å². The van der Waals surface area contributed by atoms with Gasteiger partial charge in [-0.15, -0.1) is 10.2 Å². The van der Waals surface area contributed by atoms with Gasteiger partial charge >= 0.3 is 13.2 Å². The number of carbonyl (C=O) groups is 1. The molecular weight excluding hydrogens is 301 g/mol. The fourth-order valence-corrected chi connectivity index (χ4v) is 1.70. The van der Waals surface area contributed by atoms with E-state index in [-0.39, 0.29) is 18.3 Å². The third kappa shape index (κ3) is 5.08. The smallest absolute Gasteiger partial charge is 0.444 e. The van der Waals surface area contributed by atoms with Crippen molar-refractivity contribution in [2.45, 2.75) is 32.9 Å². The minimum atomic E-state index is -1.53. The Bertz CT molecular complexity index is 664. The molecule has 23 heavy (non-hydrogen) atoms. The van der Waals surface area contributed by atoms with Gasteiger partial charge in [-0.2, -0.15) is 0 Å². The number of nitrogens with one attached hydrogen (secondary N) is 1. The van der Waals surface area contributed by atoms with Gasteiger partial charge in [0.2, 0.25) is 11.8 Å². The van der Waals surface area contributed by atoms with Crippen LogP contribution in [0.1, 0.15) is 26.7 Å². The topological polar surface area (TPSA) is 118 Å². The lowest BCUT2D eigenvalue weighted by Gasteiger charge is -2.19. The number of hydrogen-bond acceptors (Lipinski definition) is 7. The molecule has 0 atom stereocenters. The van der Waals surface area contributed by atoms with Crippen molar-refractivity contribution in [3.05, 3.63) is 30.2 Å². The van der Waals surface area contributed by atoms with Crippen molar-refractivity contribution in [1.82, 2.24) is 15.5 Å². The van der Waals surface area contributed by atoms with Crippen molar-refractivity contribution in [2.24, 2.45) is 0 Å². The van der Waals surface area contributed by atoms with Crippen LogP contribution in [0.5, 0.6) is 0 Å². The van der Waals surface area contributed by atoms with Gasteiger partial charge in [0, 0.05) is 5.56 Å². The van der Waals surface area contributed by atoms with E-state index in [2.05, 4.69) is 15.5 Å². The first-order valence-corrected chi connectivity index (χ1v) is 7.00. The van der Waals surface area contributed by atoms with Crippen LogP contribution in [0.25, 0.3) is 11.5 Å². The molecule has 1 aromatic heterocycles. The highest BCUT2D eigenvalue weighted by atomic mass is 16.6. The minimum absolute atomic E-state index is 0.0509. The summed E-state index contributed by atoms with van der Waals surface area (Å²) in [6.45, 7) is 5.36. The summed E-state index contributed by atoms with van der Waals surface area (Å²) in [6, 6.07) is 6.35. The summed E-state index contributed by atoms with van der Waals surface area (Å²) in [5.41, 5.74) is 0.411. The molecule has 0 radical (unpaired) electrons. The van der Waals surface area contributed by atoms with Gasteiger partial charge in [0.25, 0.3) is 0 Å². The van der Waals surface area contributed by atoms with Gasteiger partial charge in [0.15, 0.2) is 0 Å². The van der Waals surface area contributed by atoms with E-state index in [1.165, 1.54) is 0 Å². The predicted molar refractivity (Wildman–Crippen MR) is 82.6 cm³/mol. The summed E-state index contributed by atoms with van der Waals surface area (Å²) in [5, 5.41) is 28.3. The van der Waals surface area contributed by atoms with Gasteiger partial charge < -0.3 is 24.5 Å². The highest BCUT2D eigenvalue weighted by molar-refractivity contribution is 6.58. The average molecular weight is 319 g/mol. The second kappa shape index (κ2) is 6.80. The molecule has 0 saturated carbocycles. The minimum Gasteiger partial charge on any atom is -0.444 e. The van der Waals surface area contributed by atoms with Crippen LogP contribution in [0.3, 0.4) is 0 Å². The maximum absolute atomic E-state index is 11.5. The molecule has 9 heteroatoms. The van der Waals surface area contributed by atoms with E-state index in [9.17, 15) is 4.79 Å². The van der Waals surface area contributed by atoms with Crippen LogP contribution in [0.4, 0.5) is 4.79 Å². The van der Waals surface area contributed by atoms with Crippen LogP contribution >= 0.6 is 0 Å². The molecule has 3 N–H and O–H groups in total. The standard InChI is InChI=1S/C14H18BN3O5/c1-14(2,3)23-13(19)16-8-11-17-18-12(22-11)9-4-6-10(7-5-9)15(20)21/h4-7,20-21H,8H2,1-3H3,(H,16,19). The number of carbonyl (C=O) groups excluding carboxylic acids is 1. The third-order valence-electron chi connectivity index (χ3n) is 2.71. The lowest BCUT2D eigenvalue weighted by Crippen LogP contribution is -2.32. The number of amides is 1. The molecule has 122 valence electrons. The molecule has 1 amide bonds. The van der Waals surface area contributed by atoms with E-state index in [0.29, 0.717) is 11.0 Å². The monoisotopic (exact) mass is 319 g/mol. The van der Waals surface area contributed by atoms with E-state index in [0.717, 1.165) is 0 Å². The Morgan fingerprint density at radius 1 is 1.26 bits per heavy atom. The van der Waals surface area contributed by atoms with Gasteiger partial charge in [0.1, 0.15) is 5.60 Å². The first kappa shape index (κ1) is 17.0. The molecule has 0 unspecified atom stereocenters. The molecular formula is C14H18BN3O5. The number of benzene rings is 1. The van der Waals surface area contributed by atoms with Crippen LogP contribution in [-0.4, -0.2) is 39.1 Å². The van der Waals surface area contributed by atoms with Gasteiger partial charge in [0.05, 0.1) is 6.54 Å². The van der Waals surface area contributed by atoms with Crippen LogP contribution < -0.4 is 10.8 Å². The second-order valence-corrected chi connectivity index (χ2v) is 5.85. The average Bonchev–Trinajstić information content (AvgIpc) is 2.92. The lowest BCUT2D eigenvalue weighted by atomic mass is 9.80. The molecule has 8 nitrogen and oxygen atoms in total. The molecule has 0 bridgehead atoms. The highest BCUT2D eigenvalue weighted by Gasteiger charge is 2.17. The zero-order valence-corrected chi connectivity index (χ0v) is 13.1. The number of ether oxygens (including phenoxy) is 1. The van der Waals surface area contributed by atoms with Crippen LogP contribution in [0, 0.1) is 0 Å². The number of nitrogens with zero attached hydrogens (tertiary/aromatic N) is 2. The first-order valence-electron chi connectivity index (χ1n) is 7.00. The second-order valence-electron chi connectivity index (χ2n) is 5.85. The maximum Gasteiger partial charge on any atom is 0.488 e. The quantitative estimate of drug-likeness (QED) is 0.700. The Morgan fingerprint density at radius 3 is 2.48 bits per heavy atom. The normalized spacial score (nSPS) is 11.2. The van der Waals surface area contributed by atoms with E-state index >= 15 is 0 Å². The molecule has 0 fully saturated rings. The predicted octanol–water partition coefficient (Wildman–Crippen LogP) is 0.441. The fourth-order valence-electron chi connectivity index (χ4n) is 1.70. The zero-order chi connectivity index (χ0) is 17.0. The van der Waals surface area contributed by atoms with E-state index < -0.39 is 18.8 Å². The third-order valence-corrected chi connectivity index (χ3v) is 2.71. The van der Waals surface area contributed by atoms with Crippen molar-refractivity contribution in [3.8, 4) is 11.5 Å². The summed E-state index contributed by atoms with van der Waals surface area (Å²) in [4.78, 5) is 11.5. The van der Waals surface area contributed by atoms with Crippen molar-refractivity contribution in [1.29, 1.82) is 0 Å². The maximum atomic E-state index is 11.5. The van der Waals surface area contributed by atoms with E-state index in [1.807, 2.05) is 0 Å². The van der Waals surface area contributed by atoms with Gasteiger partial charge in [-0.3, -0.25) is 0 Å². The molecule has 1 heterocycles. The Labute approximate surface area is 133 Å². The van der Waals surface area contributed by atoms with Crippen molar-refractivity contribution >= 4 is 18.7 Å². The zero-order valence-electron chi connectivity index (χ0n) is 13.1. The van der Waals surface area contributed by atoms with E-state index in [4.69, 9.17) is 19.2 Å². The number of alkyl carbamates (subject to hydrolysis) is 1. The summed E-state index contributed by atoms with van der Waals surface area (Å²) in [6.07, 6.45) is -0.571. The van der Waals surface area contributed by atoms with Crippen molar-refractivity contribution in [2.75, 3.05) is 0 Å². The first-order chi connectivity index (χ1) is 10.7. The molecule has 0 aliphatic rings. The molecule has 0 saturated heterocycles. The molecule has 2 aromatic rings. The lowest BCUT2D eigenvalue weighted by molar-refractivity contribution is 0.0519. The van der Waals surface area contributed by atoms with Gasteiger partial charge in [-0.1, -0.05) is 12.1 Å². The molecule has 0 aliphatic carbocycles. The Hall–Kier alpha value is -2.39. The Morgan fingerprint density at radius 2 is 1.91 bits per heavy atom. The fraction of sp³-hybridized carbons (Fsp3) is 0.357. The molecule has 0 spiro atoms. The number of rotatable bonds is 4. The molecule has 1 aromatic carbocycles. The Kier molecular flexibility index (Phi) is 5.02. The summed E-state index contributed by atoms with van der Waals surface area (Å²) >= 11 is 0. The largest absolute Gasteiger partial charge is 0.488 e. The Balaban J connectivity index is 1.96. The van der Waals surface area contributed by atoms with E-state index in [1.54, 1.807) is 45.0 Å².